The molecule has 3 rings (SSSR count). The van der Waals surface area contributed by atoms with Gasteiger partial charge in [-0.3, -0.25) is 0 Å². The molecular formula is C15H17N3O3. The molecule has 6 nitrogen and oxygen atoms in total. The number of aromatic nitrogens is 1. The Hall–Kier alpha value is -2.34. The normalized spacial score (nSPS) is 15.5. The van der Waals surface area contributed by atoms with Gasteiger partial charge in [-0.1, -0.05) is 0 Å². The van der Waals surface area contributed by atoms with E-state index in [1.54, 1.807) is 18.3 Å². The Morgan fingerprint density at radius 1 is 1.33 bits per heavy atom. The first-order chi connectivity index (χ1) is 10.2. The molecule has 0 saturated heterocycles. The minimum atomic E-state index is -0.265. The fourth-order valence-corrected chi connectivity index (χ4v) is 2.07. The van der Waals surface area contributed by atoms with Crippen LogP contribution in [0.4, 0.5) is 10.5 Å². The van der Waals surface area contributed by atoms with Crippen LogP contribution in [0.15, 0.2) is 41.1 Å². The number of rotatable bonds is 5. The van der Waals surface area contributed by atoms with Crippen LogP contribution in [0.1, 0.15) is 12.8 Å². The Morgan fingerprint density at radius 3 is 2.67 bits per heavy atom. The zero-order chi connectivity index (χ0) is 14.7. The summed E-state index contributed by atoms with van der Waals surface area (Å²) in [5.41, 5.74) is 1.45. The highest BCUT2D eigenvalue weighted by Crippen LogP contribution is 2.44. The highest BCUT2D eigenvalue weighted by Gasteiger charge is 2.42. The quantitative estimate of drug-likeness (QED) is 0.787. The molecule has 0 unspecified atom stereocenters. The average molecular weight is 287 g/mol. The molecule has 1 saturated carbocycles. The molecule has 0 atom stereocenters. The van der Waals surface area contributed by atoms with Crippen LogP contribution >= 0.6 is 0 Å². The number of carbonyl (C=O) groups excluding carboxylic acids is 1. The third kappa shape index (κ3) is 3.22. The summed E-state index contributed by atoms with van der Waals surface area (Å²) in [7, 11) is 0. The van der Waals surface area contributed by atoms with E-state index in [9.17, 15) is 9.90 Å². The summed E-state index contributed by atoms with van der Waals surface area (Å²) < 4.78 is 5.20. The molecule has 1 fully saturated rings. The number of nitrogens with zero attached hydrogens (tertiary/aromatic N) is 1. The van der Waals surface area contributed by atoms with Crippen molar-refractivity contribution in [2.75, 3.05) is 18.5 Å². The maximum atomic E-state index is 11.8. The van der Waals surface area contributed by atoms with Crippen LogP contribution in [0.25, 0.3) is 11.5 Å². The van der Waals surface area contributed by atoms with Crippen molar-refractivity contribution in [1.82, 2.24) is 10.3 Å². The van der Waals surface area contributed by atoms with Gasteiger partial charge < -0.3 is 20.2 Å². The highest BCUT2D eigenvalue weighted by molar-refractivity contribution is 5.89. The second-order valence-electron chi connectivity index (χ2n) is 5.38. The molecule has 6 heteroatoms. The smallest absolute Gasteiger partial charge is 0.319 e. The molecule has 21 heavy (non-hydrogen) atoms. The van der Waals surface area contributed by atoms with Crippen LogP contribution in [0.3, 0.4) is 0 Å². The van der Waals surface area contributed by atoms with Gasteiger partial charge in [0.2, 0.25) is 5.89 Å². The lowest BCUT2D eigenvalue weighted by atomic mass is 10.1. The number of urea groups is 1. The zero-order valence-electron chi connectivity index (χ0n) is 11.5. The van der Waals surface area contributed by atoms with E-state index in [0.29, 0.717) is 18.1 Å². The lowest BCUT2D eigenvalue weighted by Gasteiger charge is -2.13. The molecule has 0 bridgehead atoms. The molecule has 1 aliphatic carbocycles. The first-order valence-electron chi connectivity index (χ1n) is 6.86. The van der Waals surface area contributed by atoms with Crippen molar-refractivity contribution < 1.29 is 14.3 Å². The first-order valence-corrected chi connectivity index (χ1v) is 6.86. The second-order valence-corrected chi connectivity index (χ2v) is 5.38. The summed E-state index contributed by atoms with van der Waals surface area (Å²) in [4.78, 5) is 15.8. The van der Waals surface area contributed by atoms with Gasteiger partial charge >= 0.3 is 6.03 Å². The van der Waals surface area contributed by atoms with Crippen LogP contribution in [-0.4, -0.2) is 29.3 Å². The monoisotopic (exact) mass is 287 g/mol. The number of amides is 2. The van der Waals surface area contributed by atoms with Crippen molar-refractivity contribution in [1.29, 1.82) is 0 Å². The topological polar surface area (TPSA) is 87.4 Å². The minimum absolute atomic E-state index is 0.0911. The van der Waals surface area contributed by atoms with Gasteiger partial charge in [-0.25, -0.2) is 9.78 Å². The summed E-state index contributed by atoms with van der Waals surface area (Å²) in [5.74, 6) is 0.546. The maximum absolute atomic E-state index is 11.8. The van der Waals surface area contributed by atoms with Gasteiger partial charge in [0.05, 0.1) is 12.8 Å². The van der Waals surface area contributed by atoms with Gasteiger partial charge in [-0.2, -0.15) is 0 Å². The van der Waals surface area contributed by atoms with Crippen molar-refractivity contribution in [3.8, 4) is 11.5 Å². The van der Waals surface area contributed by atoms with Gasteiger partial charge in [0.15, 0.2) is 0 Å². The maximum Gasteiger partial charge on any atom is 0.319 e. The molecule has 0 radical (unpaired) electrons. The second kappa shape index (κ2) is 5.57. The molecule has 0 aliphatic heterocycles. The number of nitrogens with one attached hydrogen (secondary N) is 2. The Balaban J connectivity index is 1.54. The molecular weight excluding hydrogens is 270 g/mol. The fourth-order valence-electron chi connectivity index (χ4n) is 2.07. The minimum Gasteiger partial charge on any atom is -0.445 e. The van der Waals surface area contributed by atoms with E-state index >= 15 is 0 Å². The Labute approximate surface area is 122 Å². The molecule has 1 aliphatic rings. The van der Waals surface area contributed by atoms with E-state index in [1.807, 2.05) is 12.1 Å². The van der Waals surface area contributed by atoms with Crippen LogP contribution in [0, 0.1) is 5.41 Å². The summed E-state index contributed by atoms with van der Waals surface area (Å²) >= 11 is 0. The molecule has 2 amide bonds. The molecule has 2 aromatic rings. The van der Waals surface area contributed by atoms with E-state index in [4.69, 9.17) is 4.42 Å². The lowest BCUT2D eigenvalue weighted by molar-refractivity contribution is 0.206. The van der Waals surface area contributed by atoms with E-state index in [-0.39, 0.29) is 18.1 Å². The van der Waals surface area contributed by atoms with Crippen molar-refractivity contribution in [3.05, 3.63) is 36.7 Å². The molecule has 3 N–H and O–H groups in total. The summed E-state index contributed by atoms with van der Waals surface area (Å²) in [5, 5.41) is 14.7. The molecule has 1 aromatic carbocycles. The SMILES string of the molecule is O=C(NCC1(CO)CC1)Nc1ccc(-c2ncco2)cc1. The number of benzene rings is 1. The highest BCUT2D eigenvalue weighted by atomic mass is 16.3. The van der Waals surface area contributed by atoms with Crippen LogP contribution in [-0.2, 0) is 0 Å². The molecule has 1 heterocycles. The predicted molar refractivity (Wildman–Crippen MR) is 77.7 cm³/mol. The molecule has 110 valence electrons. The predicted octanol–water partition coefficient (Wildman–Crippen LogP) is 2.24. The van der Waals surface area contributed by atoms with E-state index in [2.05, 4.69) is 15.6 Å². The fraction of sp³-hybridized carbons (Fsp3) is 0.333. The Morgan fingerprint density at radius 2 is 2.10 bits per heavy atom. The summed E-state index contributed by atoms with van der Waals surface area (Å²) in [6.07, 6.45) is 5.04. The van der Waals surface area contributed by atoms with Gasteiger partial charge in [0.1, 0.15) is 6.26 Å². The van der Waals surface area contributed by atoms with Crippen LogP contribution in [0.2, 0.25) is 0 Å². The lowest BCUT2D eigenvalue weighted by Crippen LogP contribution is -2.35. The number of hydrogen-bond acceptors (Lipinski definition) is 4. The largest absolute Gasteiger partial charge is 0.445 e. The molecule has 1 aromatic heterocycles. The molecule has 0 spiro atoms. The average Bonchev–Trinajstić information content (AvgIpc) is 3.09. The van der Waals surface area contributed by atoms with E-state index in [1.165, 1.54) is 6.26 Å². The third-order valence-electron chi connectivity index (χ3n) is 3.74. The van der Waals surface area contributed by atoms with Crippen molar-refractivity contribution in [3.63, 3.8) is 0 Å². The third-order valence-corrected chi connectivity index (χ3v) is 3.74. The van der Waals surface area contributed by atoms with Gasteiger partial charge in [-0.15, -0.1) is 0 Å². The Kier molecular flexibility index (Phi) is 3.62. The van der Waals surface area contributed by atoms with Gasteiger partial charge in [-0.05, 0) is 37.1 Å². The van der Waals surface area contributed by atoms with Crippen LogP contribution in [0.5, 0.6) is 0 Å². The van der Waals surface area contributed by atoms with Gasteiger partial charge in [0, 0.05) is 23.2 Å². The van der Waals surface area contributed by atoms with Crippen LogP contribution < -0.4 is 10.6 Å². The number of oxazole rings is 1. The number of hydrogen-bond donors (Lipinski definition) is 3. The van der Waals surface area contributed by atoms with E-state index in [0.717, 1.165) is 18.4 Å². The zero-order valence-corrected chi connectivity index (χ0v) is 11.5. The first kappa shape index (κ1) is 13.6. The number of anilines is 1. The summed E-state index contributed by atoms with van der Waals surface area (Å²) in [6.45, 7) is 0.627. The van der Waals surface area contributed by atoms with Crippen molar-refractivity contribution in [2.45, 2.75) is 12.8 Å². The number of carbonyl (C=O) groups is 1. The Bertz CT molecular complexity index is 604. The summed E-state index contributed by atoms with van der Waals surface area (Å²) in [6, 6.07) is 6.98. The van der Waals surface area contributed by atoms with Gasteiger partial charge in [0.25, 0.3) is 0 Å². The van der Waals surface area contributed by atoms with Crippen molar-refractivity contribution >= 4 is 11.7 Å². The number of aliphatic hydroxyl groups excluding tert-OH is 1. The van der Waals surface area contributed by atoms with Crippen molar-refractivity contribution in [2.24, 2.45) is 5.41 Å². The number of aliphatic hydroxyl groups is 1. The van der Waals surface area contributed by atoms with E-state index < -0.39 is 0 Å². The standard InChI is InChI=1S/C15H17N3O3/c19-10-15(5-6-15)9-17-14(20)18-12-3-1-11(2-4-12)13-16-7-8-21-13/h1-4,7-8,19H,5-6,9-10H2,(H2,17,18,20).